The van der Waals surface area contributed by atoms with E-state index in [1.54, 1.807) is 18.2 Å². The zero-order valence-electron chi connectivity index (χ0n) is 18.3. The van der Waals surface area contributed by atoms with Crippen molar-refractivity contribution in [2.45, 2.75) is 42.1 Å². The van der Waals surface area contributed by atoms with Gasteiger partial charge in [0.15, 0.2) is 5.03 Å². The third-order valence-corrected chi connectivity index (χ3v) is 8.50. The first-order valence-corrected chi connectivity index (χ1v) is 13.0. The predicted molar refractivity (Wildman–Crippen MR) is 130 cm³/mol. The summed E-state index contributed by atoms with van der Waals surface area (Å²) < 4.78 is 29.1. The fourth-order valence-electron chi connectivity index (χ4n) is 4.94. The second kappa shape index (κ2) is 8.89. The summed E-state index contributed by atoms with van der Waals surface area (Å²) in [5.74, 6) is -0.703. The van der Waals surface area contributed by atoms with E-state index in [1.807, 2.05) is 30.3 Å². The van der Waals surface area contributed by atoms with Gasteiger partial charge in [-0.15, -0.1) is 0 Å². The number of nitrogens with zero attached hydrogens (tertiary/aromatic N) is 2. The lowest BCUT2D eigenvalue weighted by atomic mass is 9.92. The topological polar surface area (TPSA) is 89.3 Å². The molecule has 0 aliphatic carbocycles. The Hall–Kier alpha value is -3.16. The summed E-state index contributed by atoms with van der Waals surface area (Å²) in [5, 5.41) is 10.8. The summed E-state index contributed by atoms with van der Waals surface area (Å²) in [4.78, 5) is 15.7. The summed E-state index contributed by atoms with van der Waals surface area (Å²) >= 11 is 5.95. The molecule has 0 amide bonds. The number of carboxylic acids is 1. The quantitative estimate of drug-likeness (QED) is 0.400. The van der Waals surface area contributed by atoms with Crippen LogP contribution in [0.4, 0.5) is 0 Å². The molecule has 1 N–H and O–H groups in total. The predicted octanol–water partition coefficient (Wildman–Crippen LogP) is 5.15. The van der Waals surface area contributed by atoms with Gasteiger partial charge < -0.3 is 9.67 Å². The summed E-state index contributed by atoms with van der Waals surface area (Å²) in [6.07, 6.45) is 3.60. The average Bonchev–Trinajstić information content (AvgIpc) is 3.12. The molecule has 5 rings (SSSR count). The minimum Gasteiger partial charge on any atom is -0.481 e. The molecule has 6 nitrogen and oxygen atoms in total. The van der Waals surface area contributed by atoms with E-state index in [2.05, 4.69) is 9.55 Å². The number of rotatable bonds is 6. The van der Waals surface area contributed by atoms with Crippen LogP contribution in [0, 0.1) is 5.92 Å². The molecule has 0 bridgehead atoms. The van der Waals surface area contributed by atoms with Crippen molar-refractivity contribution in [1.82, 2.24) is 9.55 Å². The highest BCUT2D eigenvalue weighted by Gasteiger charge is 2.28. The summed E-state index contributed by atoms with van der Waals surface area (Å²) in [7, 11) is -3.83. The number of carbonyl (C=O) groups is 1. The maximum absolute atomic E-state index is 13.4. The first-order valence-electron chi connectivity index (χ1n) is 11.1. The molecule has 0 spiro atoms. The fourth-order valence-corrected chi connectivity index (χ4v) is 6.47. The Kier molecular flexibility index (Phi) is 5.91. The minimum atomic E-state index is -3.83. The van der Waals surface area contributed by atoms with E-state index in [9.17, 15) is 18.3 Å². The van der Waals surface area contributed by atoms with E-state index in [1.165, 1.54) is 18.3 Å². The van der Waals surface area contributed by atoms with Crippen LogP contribution in [0.5, 0.6) is 0 Å². The standard InChI is InChI=1S/C26H23ClN2O4S/c27-19-8-10-20(11-9-19)34(32,33)26-18(4-3-13-28-26)15-22-21-5-1-2-6-23(21)29-16-17(14-25(30)31)7-12-24(22)29/h1-6,8-11,13,17H,7,12,14-16H2,(H,30,31). The van der Waals surface area contributed by atoms with Crippen molar-refractivity contribution in [2.75, 3.05) is 0 Å². The number of halogens is 1. The number of sulfone groups is 1. The van der Waals surface area contributed by atoms with Gasteiger partial charge in [-0.3, -0.25) is 4.79 Å². The number of carboxylic acid groups (broad SMARTS) is 1. The van der Waals surface area contributed by atoms with Crippen LogP contribution in [0.2, 0.25) is 5.02 Å². The number of benzene rings is 2. The Morgan fingerprint density at radius 1 is 1.09 bits per heavy atom. The van der Waals surface area contributed by atoms with Gasteiger partial charge in [0.25, 0.3) is 0 Å². The first kappa shape index (κ1) is 22.6. The molecule has 0 radical (unpaired) electrons. The van der Waals surface area contributed by atoms with Gasteiger partial charge in [0.2, 0.25) is 9.84 Å². The lowest BCUT2D eigenvalue weighted by molar-refractivity contribution is -0.138. The third kappa shape index (κ3) is 4.10. The van der Waals surface area contributed by atoms with E-state index in [0.717, 1.165) is 35.0 Å². The molecule has 174 valence electrons. The van der Waals surface area contributed by atoms with Crippen LogP contribution in [0.1, 0.15) is 29.7 Å². The summed E-state index contributed by atoms with van der Waals surface area (Å²) in [6.45, 7) is 0.644. The monoisotopic (exact) mass is 494 g/mol. The van der Waals surface area contributed by atoms with E-state index in [0.29, 0.717) is 23.6 Å². The Morgan fingerprint density at radius 3 is 2.62 bits per heavy atom. The van der Waals surface area contributed by atoms with Crippen molar-refractivity contribution < 1.29 is 18.3 Å². The van der Waals surface area contributed by atoms with Crippen LogP contribution >= 0.6 is 11.6 Å². The largest absolute Gasteiger partial charge is 0.481 e. The second-order valence-electron chi connectivity index (χ2n) is 8.66. The van der Waals surface area contributed by atoms with Crippen molar-refractivity contribution in [3.8, 4) is 0 Å². The molecular formula is C26H23ClN2O4S. The van der Waals surface area contributed by atoms with Crippen LogP contribution < -0.4 is 0 Å². The molecule has 0 saturated carbocycles. The van der Waals surface area contributed by atoms with Crippen LogP contribution in [-0.4, -0.2) is 29.0 Å². The van der Waals surface area contributed by atoms with E-state index in [4.69, 9.17) is 11.6 Å². The Bertz CT molecular complexity index is 1490. The van der Waals surface area contributed by atoms with Gasteiger partial charge in [0, 0.05) is 47.2 Å². The number of pyridine rings is 1. The fraction of sp³-hybridized carbons (Fsp3) is 0.231. The molecule has 1 aliphatic heterocycles. The normalized spacial score (nSPS) is 15.9. The molecule has 3 heterocycles. The smallest absolute Gasteiger partial charge is 0.303 e. The molecule has 0 fully saturated rings. The maximum atomic E-state index is 13.4. The van der Waals surface area contributed by atoms with E-state index >= 15 is 0 Å². The second-order valence-corrected chi connectivity index (χ2v) is 11.0. The van der Waals surface area contributed by atoms with Crippen LogP contribution in [0.25, 0.3) is 10.9 Å². The number of para-hydroxylation sites is 1. The van der Waals surface area contributed by atoms with Crippen molar-refractivity contribution in [1.29, 1.82) is 0 Å². The van der Waals surface area contributed by atoms with Gasteiger partial charge in [-0.25, -0.2) is 13.4 Å². The van der Waals surface area contributed by atoms with Crippen LogP contribution in [-0.2, 0) is 34.0 Å². The molecule has 34 heavy (non-hydrogen) atoms. The van der Waals surface area contributed by atoms with Gasteiger partial charge in [-0.1, -0.05) is 35.9 Å². The summed E-state index contributed by atoms with van der Waals surface area (Å²) in [5.41, 5.74) is 3.89. The Labute approximate surface area is 202 Å². The van der Waals surface area contributed by atoms with Crippen molar-refractivity contribution in [2.24, 2.45) is 5.92 Å². The minimum absolute atomic E-state index is 0.0425. The lowest BCUT2D eigenvalue weighted by Gasteiger charge is -2.25. The van der Waals surface area contributed by atoms with Gasteiger partial charge >= 0.3 is 5.97 Å². The van der Waals surface area contributed by atoms with Crippen LogP contribution in [0.3, 0.4) is 0 Å². The Balaban J connectivity index is 1.59. The Morgan fingerprint density at radius 2 is 1.85 bits per heavy atom. The van der Waals surface area contributed by atoms with Gasteiger partial charge in [0.1, 0.15) is 0 Å². The highest BCUT2D eigenvalue weighted by atomic mass is 35.5. The van der Waals surface area contributed by atoms with Crippen molar-refractivity contribution in [3.05, 3.63) is 88.7 Å². The molecule has 1 atom stereocenters. The SMILES string of the molecule is O=C(O)CC1CCc2c(Cc3cccnc3S(=O)(=O)c3ccc(Cl)cc3)c3ccccc3n2C1. The highest BCUT2D eigenvalue weighted by Crippen LogP contribution is 2.36. The maximum Gasteiger partial charge on any atom is 0.303 e. The van der Waals surface area contributed by atoms with E-state index in [-0.39, 0.29) is 22.3 Å². The summed E-state index contributed by atoms with van der Waals surface area (Å²) in [6, 6.07) is 17.7. The number of fused-ring (bicyclic) bond motifs is 3. The third-order valence-electron chi connectivity index (χ3n) is 6.48. The molecule has 1 aliphatic rings. The molecule has 8 heteroatoms. The highest BCUT2D eigenvalue weighted by molar-refractivity contribution is 7.91. The lowest BCUT2D eigenvalue weighted by Crippen LogP contribution is -2.22. The van der Waals surface area contributed by atoms with E-state index < -0.39 is 15.8 Å². The van der Waals surface area contributed by atoms with Gasteiger partial charge in [-0.2, -0.15) is 0 Å². The van der Waals surface area contributed by atoms with Gasteiger partial charge in [-0.05, 0) is 66.3 Å². The zero-order valence-corrected chi connectivity index (χ0v) is 19.9. The first-order chi connectivity index (χ1) is 16.3. The zero-order chi connectivity index (χ0) is 23.9. The molecule has 0 saturated heterocycles. The molecule has 4 aromatic rings. The molecule has 2 aromatic heterocycles. The molecule has 2 aromatic carbocycles. The van der Waals surface area contributed by atoms with Crippen molar-refractivity contribution in [3.63, 3.8) is 0 Å². The number of hydrogen-bond acceptors (Lipinski definition) is 4. The number of aromatic nitrogens is 2. The average molecular weight is 495 g/mol. The van der Waals surface area contributed by atoms with Crippen LogP contribution in [0.15, 0.2) is 76.8 Å². The number of aliphatic carboxylic acids is 1. The molecule has 1 unspecified atom stereocenters. The van der Waals surface area contributed by atoms with Crippen molar-refractivity contribution >= 4 is 38.3 Å². The number of hydrogen-bond donors (Lipinski definition) is 1. The van der Waals surface area contributed by atoms with Gasteiger partial charge in [0.05, 0.1) is 4.90 Å². The molecular weight excluding hydrogens is 472 g/mol.